The molecule has 250 valence electrons. The van der Waals surface area contributed by atoms with Gasteiger partial charge >= 0.3 is 17.9 Å². The molecule has 0 saturated carbocycles. The maximum atomic E-state index is 11.7. The number of unbranched alkanes of at least 4 members (excludes halogenated alkanes) is 9. The number of aliphatic hydroxyl groups excluding tert-OH is 3. The van der Waals surface area contributed by atoms with E-state index in [0.717, 1.165) is 70.6 Å². The van der Waals surface area contributed by atoms with Crippen molar-refractivity contribution in [2.24, 2.45) is 5.92 Å². The summed E-state index contributed by atoms with van der Waals surface area (Å²) >= 11 is 0. The molecule has 1 rings (SSSR count). The number of carbonyl (C=O) groups is 4. The quantitative estimate of drug-likeness (QED) is 0.0720. The van der Waals surface area contributed by atoms with E-state index in [9.17, 15) is 34.5 Å². The Kier molecular flexibility index (Phi) is 19.3. The first-order valence-corrected chi connectivity index (χ1v) is 15.6. The highest BCUT2D eigenvalue weighted by atomic mass is 16.7. The predicted octanol–water partition coefficient (Wildman–Crippen LogP) is 2.51. The lowest BCUT2D eigenvalue weighted by atomic mass is 9.97. The Morgan fingerprint density at radius 1 is 0.744 bits per heavy atom. The third-order valence-electron chi connectivity index (χ3n) is 7.56. The van der Waals surface area contributed by atoms with Crippen molar-refractivity contribution in [1.82, 2.24) is 5.32 Å². The highest BCUT2D eigenvalue weighted by Crippen LogP contribution is 2.27. The molecule has 1 heterocycles. The zero-order valence-corrected chi connectivity index (χ0v) is 25.8. The van der Waals surface area contributed by atoms with Gasteiger partial charge < -0.3 is 45.1 Å². The van der Waals surface area contributed by atoms with Crippen LogP contribution in [0.4, 0.5) is 0 Å². The number of carboxylic acids is 2. The van der Waals surface area contributed by atoms with E-state index in [1.54, 1.807) is 0 Å². The van der Waals surface area contributed by atoms with Crippen LogP contribution >= 0.6 is 0 Å². The monoisotopic (exact) mass is 619 g/mol. The van der Waals surface area contributed by atoms with Gasteiger partial charge in [0.1, 0.15) is 37.1 Å². The minimum Gasteiger partial charge on any atom is -0.481 e. The Balaban J connectivity index is 2.26. The summed E-state index contributed by atoms with van der Waals surface area (Å²) in [6, 6.07) is -0.864. The average Bonchev–Trinajstić information content (AvgIpc) is 2.94. The lowest BCUT2D eigenvalue weighted by Gasteiger charge is -2.41. The number of carbonyl (C=O) groups excluding carboxylic acids is 2. The molecule has 0 spiro atoms. The summed E-state index contributed by atoms with van der Waals surface area (Å²) in [5, 5.41) is 51.0. The van der Waals surface area contributed by atoms with E-state index in [4.69, 9.17) is 24.4 Å². The fraction of sp³-hybridized carbons (Fsp3) is 0.867. The van der Waals surface area contributed by atoms with Crippen LogP contribution < -0.4 is 5.32 Å². The van der Waals surface area contributed by atoms with Crippen LogP contribution in [0.2, 0.25) is 0 Å². The molecule has 43 heavy (non-hydrogen) atoms. The van der Waals surface area contributed by atoms with Crippen molar-refractivity contribution in [2.75, 3.05) is 6.61 Å². The number of hydrogen-bond donors (Lipinski definition) is 6. The number of aliphatic carboxylic acids is 2. The SMILES string of the molecule is CC(NC(=O)CCCCCCCCCCCCC(OC1OC(COC(=O)CCC(=O)O)C(O)C(O)C1O)C(C)C)C(=O)O. The Bertz CT molecular complexity index is 838. The van der Waals surface area contributed by atoms with Gasteiger partial charge in [-0.1, -0.05) is 71.6 Å². The van der Waals surface area contributed by atoms with E-state index in [-0.39, 0.29) is 24.3 Å². The first-order valence-electron chi connectivity index (χ1n) is 15.6. The smallest absolute Gasteiger partial charge is 0.325 e. The molecule has 0 radical (unpaired) electrons. The summed E-state index contributed by atoms with van der Waals surface area (Å²) in [6.45, 7) is 5.00. The number of amides is 1. The van der Waals surface area contributed by atoms with Crippen molar-refractivity contribution >= 4 is 23.8 Å². The number of esters is 1. The van der Waals surface area contributed by atoms with E-state index in [2.05, 4.69) is 5.32 Å². The molecule has 7 unspecified atom stereocenters. The minimum absolute atomic E-state index is 0.0961. The standard InChI is InChI=1S/C30H53NO12/c1-19(2)21(14-12-10-8-6-4-5-7-9-11-13-15-23(32)31-20(3)29(39)40)42-30-28(38)27(37)26(36)22(43-30)18-41-25(35)17-16-24(33)34/h19-22,26-28,30,36-38H,4-18H2,1-3H3,(H,31,32)(H,33,34)(H,39,40). The molecule has 13 nitrogen and oxygen atoms in total. The third-order valence-corrected chi connectivity index (χ3v) is 7.56. The van der Waals surface area contributed by atoms with Crippen LogP contribution in [0.1, 0.15) is 111 Å². The summed E-state index contributed by atoms with van der Waals surface area (Å²) in [7, 11) is 0. The normalized spacial score (nSPS) is 23.5. The third kappa shape index (κ3) is 16.4. The Labute approximate surface area is 254 Å². The van der Waals surface area contributed by atoms with E-state index < -0.39 is 67.7 Å². The summed E-state index contributed by atoms with van der Waals surface area (Å²) in [5.74, 6) is -3.08. The number of ether oxygens (including phenoxy) is 3. The number of hydrogen-bond acceptors (Lipinski definition) is 10. The van der Waals surface area contributed by atoms with Crippen LogP contribution in [0, 0.1) is 5.92 Å². The molecule has 0 aliphatic carbocycles. The topological polar surface area (TPSA) is 209 Å². The van der Waals surface area contributed by atoms with Gasteiger partial charge in [-0.15, -0.1) is 0 Å². The molecule has 1 aliphatic heterocycles. The van der Waals surface area contributed by atoms with Crippen LogP contribution in [0.3, 0.4) is 0 Å². The van der Waals surface area contributed by atoms with Crippen LogP contribution in [-0.4, -0.2) is 98.8 Å². The second kappa shape index (κ2) is 21.4. The van der Waals surface area contributed by atoms with E-state index in [1.165, 1.54) is 6.92 Å². The van der Waals surface area contributed by atoms with Gasteiger partial charge in [-0.05, 0) is 25.7 Å². The van der Waals surface area contributed by atoms with Crippen LogP contribution in [0.5, 0.6) is 0 Å². The summed E-state index contributed by atoms with van der Waals surface area (Å²) in [4.78, 5) is 44.8. The zero-order valence-electron chi connectivity index (χ0n) is 25.8. The fourth-order valence-electron chi connectivity index (χ4n) is 4.77. The van der Waals surface area contributed by atoms with Gasteiger partial charge in [0.05, 0.1) is 18.9 Å². The Morgan fingerprint density at radius 3 is 1.84 bits per heavy atom. The molecule has 1 aliphatic rings. The lowest BCUT2D eigenvalue weighted by Crippen LogP contribution is -2.60. The van der Waals surface area contributed by atoms with E-state index in [0.29, 0.717) is 6.42 Å². The summed E-state index contributed by atoms with van der Waals surface area (Å²) < 4.78 is 16.7. The molecular formula is C30H53NO12. The van der Waals surface area contributed by atoms with Crippen molar-refractivity contribution in [3.8, 4) is 0 Å². The molecular weight excluding hydrogens is 566 g/mol. The molecule has 1 fully saturated rings. The highest BCUT2D eigenvalue weighted by molar-refractivity contribution is 5.83. The van der Waals surface area contributed by atoms with Crippen molar-refractivity contribution in [2.45, 2.75) is 154 Å². The highest BCUT2D eigenvalue weighted by Gasteiger charge is 2.45. The van der Waals surface area contributed by atoms with Gasteiger partial charge in [0.15, 0.2) is 6.29 Å². The molecule has 0 aromatic carbocycles. The first kappa shape index (κ1) is 38.7. The van der Waals surface area contributed by atoms with Crippen molar-refractivity contribution in [1.29, 1.82) is 0 Å². The van der Waals surface area contributed by atoms with Crippen LogP contribution in [-0.2, 0) is 33.4 Å². The maximum absolute atomic E-state index is 11.7. The van der Waals surface area contributed by atoms with Crippen molar-refractivity contribution in [3.05, 3.63) is 0 Å². The average molecular weight is 620 g/mol. The largest absolute Gasteiger partial charge is 0.481 e. The zero-order chi connectivity index (χ0) is 32.4. The van der Waals surface area contributed by atoms with E-state index >= 15 is 0 Å². The van der Waals surface area contributed by atoms with Crippen molar-refractivity contribution < 1.29 is 58.9 Å². The molecule has 0 aromatic rings. The van der Waals surface area contributed by atoms with Gasteiger partial charge in [-0.3, -0.25) is 19.2 Å². The molecule has 0 aromatic heterocycles. The van der Waals surface area contributed by atoms with Gasteiger partial charge in [-0.2, -0.15) is 0 Å². The fourth-order valence-corrected chi connectivity index (χ4v) is 4.77. The van der Waals surface area contributed by atoms with Gasteiger partial charge in [0.25, 0.3) is 0 Å². The summed E-state index contributed by atoms with van der Waals surface area (Å²) in [6.07, 6.45) is 3.34. The predicted molar refractivity (Wildman–Crippen MR) is 155 cm³/mol. The number of aliphatic hydroxyl groups is 3. The van der Waals surface area contributed by atoms with Crippen LogP contribution in [0.25, 0.3) is 0 Å². The summed E-state index contributed by atoms with van der Waals surface area (Å²) in [5.41, 5.74) is 0. The van der Waals surface area contributed by atoms with Crippen molar-refractivity contribution in [3.63, 3.8) is 0 Å². The van der Waals surface area contributed by atoms with Gasteiger partial charge in [0.2, 0.25) is 5.91 Å². The number of carboxylic acid groups (broad SMARTS) is 2. The first-order chi connectivity index (χ1) is 20.3. The molecule has 1 amide bonds. The minimum atomic E-state index is -1.57. The second-order valence-corrected chi connectivity index (χ2v) is 11.7. The van der Waals surface area contributed by atoms with Gasteiger partial charge in [-0.25, -0.2) is 0 Å². The molecule has 1 saturated heterocycles. The van der Waals surface area contributed by atoms with Crippen LogP contribution in [0.15, 0.2) is 0 Å². The van der Waals surface area contributed by atoms with E-state index in [1.807, 2.05) is 13.8 Å². The molecule has 6 N–H and O–H groups in total. The molecule has 13 heteroatoms. The number of nitrogens with one attached hydrogen (secondary N) is 1. The van der Waals surface area contributed by atoms with Gasteiger partial charge in [0, 0.05) is 6.42 Å². The molecule has 0 bridgehead atoms. The lowest BCUT2D eigenvalue weighted by molar-refractivity contribution is -0.315. The Hall–Kier alpha value is -2.32. The maximum Gasteiger partial charge on any atom is 0.325 e. The molecule has 7 atom stereocenters. The second-order valence-electron chi connectivity index (χ2n) is 11.7. The Morgan fingerprint density at radius 2 is 1.30 bits per heavy atom. The number of rotatable bonds is 23.